The molecule has 4 nitrogen and oxygen atoms in total. The number of hydrogen-bond donors (Lipinski definition) is 3. The summed E-state index contributed by atoms with van der Waals surface area (Å²) in [6.07, 6.45) is 0.138. The van der Waals surface area contributed by atoms with Gasteiger partial charge >= 0.3 is 6.09 Å². The zero-order valence-corrected chi connectivity index (χ0v) is 9.13. The molecule has 0 unspecified atom stereocenters. The molecule has 0 spiro atoms. The van der Waals surface area contributed by atoms with E-state index >= 15 is 0 Å². The predicted molar refractivity (Wildman–Crippen MR) is 55.4 cm³/mol. The second-order valence-corrected chi connectivity index (χ2v) is 5.05. The Morgan fingerprint density at radius 3 is 2.57 bits per heavy atom. The van der Waals surface area contributed by atoms with Crippen LogP contribution in [-0.2, 0) is 0 Å². The van der Waals surface area contributed by atoms with Gasteiger partial charge in [-0.3, -0.25) is 0 Å². The van der Waals surface area contributed by atoms with Crippen LogP contribution in [0.25, 0.3) is 0 Å². The standard InChI is InChI=1S/C10H20N2O2/c1-10(2,3)8(12-9(13)14)7-4-5-11-6-7/h7-8,11-12H,4-6H2,1-3H3,(H,13,14)/t7-,8-/m0/s1. The second kappa shape index (κ2) is 4.17. The van der Waals surface area contributed by atoms with Gasteiger partial charge in [0.15, 0.2) is 0 Å². The molecule has 0 aliphatic carbocycles. The van der Waals surface area contributed by atoms with Crippen molar-refractivity contribution < 1.29 is 9.90 Å². The highest BCUT2D eigenvalue weighted by atomic mass is 16.4. The molecule has 1 saturated heterocycles. The van der Waals surface area contributed by atoms with E-state index in [9.17, 15) is 4.79 Å². The van der Waals surface area contributed by atoms with Crippen LogP contribution in [-0.4, -0.2) is 30.3 Å². The number of carboxylic acid groups (broad SMARTS) is 1. The third-order valence-electron chi connectivity index (χ3n) is 2.78. The van der Waals surface area contributed by atoms with Gasteiger partial charge in [0.05, 0.1) is 0 Å². The number of amides is 1. The van der Waals surface area contributed by atoms with E-state index in [1.807, 2.05) is 0 Å². The fraction of sp³-hybridized carbons (Fsp3) is 0.900. The van der Waals surface area contributed by atoms with Crippen LogP contribution in [0.2, 0.25) is 0 Å². The monoisotopic (exact) mass is 200 g/mol. The highest BCUT2D eigenvalue weighted by Gasteiger charge is 2.34. The Morgan fingerprint density at radius 1 is 1.57 bits per heavy atom. The number of rotatable bonds is 2. The highest BCUT2D eigenvalue weighted by Crippen LogP contribution is 2.28. The molecule has 1 aliphatic heterocycles. The van der Waals surface area contributed by atoms with Crippen molar-refractivity contribution in [2.24, 2.45) is 11.3 Å². The Labute approximate surface area is 85.1 Å². The highest BCUT2D eigenvalue weighted by molar-refractivity contribution is 5.65. The van der Waals surface area contributed by atoms with Crippen molar-refractivity contribution in [3.05, 3.63) is 0 Å². The van der Waals surface area contributed by atoms with Gasteiger partial charge in [0.2, 0.25) is 0 Å². The predicted octanol–water partition coefficient (Wildman–Crippen LogP) is 1.28. The normalized spacial score (nSPS) is 24.6. The van der Waals surface area contributed by atoms with Crippen molar-refractivity contribution in [1.82, 2.24) is 10.6 Å². The van der Waals surface area contributed by atoms with Crippen molar-refractivity contribution in [3.63, 3.8) is 0 Å². The average molecular weight is 200 g/mol. The molecule has 0 aromatic heterocycles. The van der Waals surface area contributed by atoms with Gasteiger partial charge in [-0.1, -0.05) is 20.8 Å². The first kappa shape index (κ1) is 11.3. The topological polar surface area (TPSA) is 61.4 Å². The van der Waals surface area contributed by atoms with E-state index in [2.05, 4.69) is 31.4 Å². The molecule has 1 aliphatic rings. The molecule has 0 saturated carbocycles. The summed E-state index contributed by atoms with van der Waals surface area (Å²) < 4.78 is 0. The maximum Gasteiger partial charge on any atom is 0.404 e. The molecule has 0 radical (unpaired) electrons. The van der Waals surface area contributed by atoms with Gasteiger partial charge < -0.3 is 15.7 Å². The van der Waals surface area contributed by atoms with Crippen LogP contribution in [0.1, 0.15) is 27.2 Å². The largest absolute Gasteiger partial charge is 0.465 e. The molecular formula is C10H20N2O2. The Bertz CT molecular complexity index is 205. The van der Waals surface area contributed by atoms with Crippen LogP contribution in [0.4, 0.5) is 4.79 Å². The van der Waals surface area contributed by atoms with Crippen LogP contribution in [0.3, 0.4) is 0 Å². The third-order valence-corrected chi connectivity index (χ3v) is 2.78. The SMILES string of the molecule is CC(C)(C)[C@@H](NC(=O)O)[C@H]1CCNC1. The summed E-state index contributed by atoms with van der Waals surface area (Å²) in [5.41, 5.74) is -0.0188. The molecule has 82 valence electrons. The average Bonchev–Trinajstić information content (AvgIpc) is 2.49. The summed E-state index contributed by atoms with van der Waals surface area (Å²) in [7, 11) is 0. The van der Waals surface area contributed by atoms with Crippen molar-refractivity contribution in [2.75, 3.05) is 13.1 Å². The van der Waals surface area contributed by atoms with E-state index in [-0.39, 0.29) is 11.5 Å². The van der Waals surface area contributed by atoms with Gasteiger partial charge in [0.1, 0.15) is 0 Å². The summed E-state index contributed by atoms with van der Waals surface area (Å²) in [6, 6.07) is 0.0370. The zero-order chi connectivity index (χ0) is 10.8. The molecule has 2 atom stereocenters. The van der Waals surface area contributed by atoms with Gasteiger partial charge in [-0.05, 0) is 30.8 Å². The van der Waals surface area contributed by atoms with Crippen LogP contribution in [0.15, 0.2) is 0 Å². The van der Waals surface area contributed by atoms with Crippen LogP contribution in [0, 0.1) is 11.3 Å². The zero-order valence-electron chi connectivity index (χ0n) is 9.13. The second-order valence-electron chi connectivity index (χ2n) is 5.05. The van der Waals surface area contributed by atoms with Gasteiger partial charge in [-0.2, -0.15) is 0 Å². The first-order chi connectivity index (χ1) is 6.41. The maximum absolute atomic E-state index is 10.7. The number of nitrogens with one attached hydrogen (secondary N) is 2. The molecule has 4 heteroatoms. The third kappa shape index (κ3) is 2.87. The lowest BCUT2D eigenvalue weighted by Crippen LogP contribution is -2.48. The van der Waals surface area contributed by atoms with E-state index in [1.54, 1.807) is 0 Å². The molecule has 1 amide bonds. The van der Waals surface area contributed by atoms with E-state index in [1.165, 1.54) is 0 Å². The number of hydrogen-bond acceptors (Lipinski definition) is 2. The molecule has 0 aromatic carbocycles. The van der Waals surface area contributed by atoms with Crippen molar-refractivity contribution in [3.8, 4) is 0 Å². The minimum Gasteiger partial charge on any atom is -0.465 e. The summed E-state index contributed by atoms with van der Waals surface area (Å²) in [5, 5.41) is 14.7. The fourth-order valence-electron chi connectivity index (χ4n) is 2.14. The van der Waals surface area contributed by atoms with Crippen LogP contribution in [0.5, 0.6) is 0 Å². The molecule has 1 rings (SSSR count). The van der Waals surface area contributed by atoms with Crippen LogP contribution >= 0.6 is 0 Å². The van der Waals surface area contributed by atoms with Crippen molar-refractivity contribution >= 4 is 6.09 Å². The lowest BCUT2D eigenvalue weighted by molar-refractivity contribution is 0.156. The molecular weight excluding hydrogens is 180 g/mol. The van der Waals surface area contributed by atoms with Crippen molar-refractivity contribution in [1.29, 1.82) is 0 Å². The Morgan fingerprint density at radius 2 is 2.21 bits per heavy atom. The number of carbonyl (C=O) groups is 1. The summed E-state index contributed by atoms with van der Waals surface area (Å²) in [6.45, 7) is 8.14. The van der Waals surface area contributed by atoms with E-state index < -0.39 is 6.09 Å². The molecule has 0 bridgehead atoms. The van der Waals surface area contributed by atoms with E-state index in [0.717, 1.165) is 19.5 Å². The first-order valence-electron chi connectivity index (χ1n) is 5.11. The molecule has 1 fully saturated rings. The minimum absolute atomic E-state index is 0.0188. The quantitative estimate of drug-likeness (QED) is 0.629. The summed E-state index contributed by atoms with van der Waals surface area (Å²) in [4.78, 5) is 10.7. The van der Waals surface area contributed by atoms with Gasteiger partial charge in [-0.25, -0.2) is 4.79 Å². The van der Waals surface area contributed by atoms with Crippen LogP contribution < -0.4 is 10.6 Å². The van der Waals surface area contributed by atoms with Gasteiger partial charge in [-0.15, -0.1) is 0 Å². The Kier molecular flexibility index (Phi) is 3.37. The summed E-state index contributed by atoms with van der Waals surface area (Å²) >= 11 is 0. The lowest BCUT2D eigenvalue weighted by atomic mass is 9.78. The van der Waals surface area contributed by atoms with Gasteiger partial charge in [0, 0.05) is 6.04 Å². The molecule has 14 heavy (non-hydrogen) atoms. The maximum atomic E-state index is 10.7. The lowest BCUT2D eigenvalue weighted by Gasteiger charge is -2.34. The smallest absolute Gasteiger partial charge is 0.404 e. The van der Waals surface area contributed by atoms with Gasteiger partial charge in [0.25, 0.3) is 0 Å². The van der Waals surface area contributed by atoms with Crippen molar-refractivity contribution in [2.45, 2.75) is 33.2 Å². The molecule has 3 N–H and O–H groups in total. The Balaban J connectivity index is 2.65. The summed E-state index contributed by atoms with van der Waals surface area (Å²) in [5.74, 6) is 0.422. The fourth-order valence-corrected chi connectivity index (χ4v) is 2.14. The van der Waals surface area contributed by atoms with E-state index in [4.69, 9.17) is 5.11 Å². The minimum atomic E-state index is -0.920. The molecule has 1 heterocycles. The first-order valence-corrected chi connectivity index (χ1v) is 5.11. The Hall–Kier alpha value is -0.770. The molecule has 0 aromatic rings. The van der Waals surface area contributed by atoms with E-state index in [0.29, 0.717) is 5.92 Å².